The third kappa shape index (κ3) is 5.96. The number of benzene rings is 2. The second kappa shape index (κ2) is 12.9. The van der Waals surface area contributed by atoms with Crippen molar-refractivity contribution in [1.82, 2.24) is 24.8 Å². The second-order valence-electron chi connectivity index (χ2n) is 9.36. The summed E-state index contributed by atoms with van der Waals surface area (Å²) < 4.78 is 12.8. The normalized spacial score (nSPS) is 20.7. The molecule has 1 aliphatic heterocycles. The first-order valence-corrected chi connectivity index (χ1v) is 13.1. The van der Waals surface area contributed by atoms with Crippen LogP contribution in [-0.4, -0.2) is 92.0 Å². The zero-order valence-electron chi connectivity index (χ0n) is 21.7. The van der Waals surface area contributed by atoms with Crippen molar-refractivity contribution in [1.29, 1.82) is 0 Å². The van der Waals surface area contributed by atoms with Gasteiger partial charge in [-0.15, -0.1) is 0 Å². The molecule has 12 nitrogen and oxygen atoms in total. The van der Waals surface area contributed by atoms with Crippen LogP contribution in [0.5, 0.6) is 0 Å². The first-order chi connectivity index (χ1) is 19.6. The fourth-order valence-electron chi connectivity index (χ4n) is 4.76. The summed E-state index contributed by atoms with van der Waals surface area (Å²) >= 11 is 0. The highest BCUT2D eigenvalue weighted by Crippen LogP contribution is 2.32. The summed E-state index contributed by atoms with van der Waals surface area (Å²) in [5, 5.41) is 35.9. The van der Waals surface area contributed by atoms with Crippen molar-refractivity contribution in [3.8, 4) is 0 Å². The number of fused-ring (bicyclic) bond motifs is 1. The van der Waals surface area contributed by atoms with Gasteiger partial charge in [0, 0.05) is 13.1 Å². The summed E-state index contributed by atoms with van der Waals surface area (Å²) in [5.41, 5.74) is 2.71. The van der Waals surface area contributed by atoms with Gasteiger partial charge in [0.2, 0.25) is 5.91 Å². The zero-order chi connectivity index (χ0) is 27.9. The summed E-state index contributed by atoms with van der Waals surface area (Å²) in [7, 11) is 0. The molecule has 3 heterocycles. The van der Waals surface area contributed by atoms with Crippen LogP contribution < -0.4 is 10.6 Å². The maximum atomic E-state index is 13.1. The van der Waals surface area contributed by atoms with Gasteiger partial charge in [0.05, 0.1) is 32.1 Å². The van der Waals surface area contributed by atoms with Gasteiger partial charge < -0.3 is 35.4 Å². The van der Waals surface area contributed by atoms with E-state index >= 15 is 0 Å². The van der Waals surface area contributed by atoms with Gasteiger partial charge in [-0.05, 0) is 11.1 Å². The van der Waals surface area contributed by atoms with Crippen LogP contribution in [0.15, 0.2) is 73.3 Å². The molecular weight excluding hydrogens is 516 g/mol. The molecule has 210 valence electrons. The Morgan fingerprint density at radius 2 is 1.62 bits per heavy atom. The van der Waals surface area contributed by atoms with Crippen LogP contribution >= 0.6 is 0 Å². The molecule has 0 unspecified atom stereocenters. The van der Waals surface area contributed by atoms with Crippen molar-refractivity contribution >= 4 is 22.9 Å². The van der Waals surface area contributed by atoms with Gasteiger partial charge in [-0.25, -0.2) is 15.0 Å². The monoisotopic (exact) mass is 548 g/mol. The minimum Gasteiger partial charge on any atom is -0.394 e. The smallest absolute Gasteiger partial charge is 0.232 e. The van der Waals surface area contributed by atoms with Crippen molar-refractivity contribution in [2.45, 2.75) is 30.5 Å². The van der Waals surface area contributed by atoms with E-state index in [9.17, 15) is 20.1 Å². The number of imidazole rings is 1. The predicted molar refractivity (Wildman–Crippen MR) is 145 cm³/mol. The number of aliphatic hydroxyl groups excluding tert-OH is 3. The number of hydrogen-bond donors (Lipinski definition) is 5. The third-order valence-corrected chi connectivity index (χ3v) is 6.76. The number of nitrogens with zero attached hydrogens (tertiary/aromatic N) is 4. The lowest BCUT2D eigenvalue weighted by Gasteiger charge is -2.18. The number of hydrogen-bond acceptors (Lipinski definition) is 10. The SMILES string of the molecule is O=C(NCCOCCNc1ncnc2c1ncn2[C@@H]1O[C@H](CO)[C@@H](O)[C@H]1O)C(c1ccccc1)c1ccccc1. The summed E-state index contributed by atoms with van der Waals surface area (Å²) in [5.74, 6) is -0.0224. The van der Waals surface area contributed by atoms with Crippen molar-refractivity contribution in [2.24, 2.45) is 0 Å². The molecule has 0 radical (unpaired) electrons. The fourth-order valence-corrected chi connectivity index (χ4v) is 4.76. The number of nitrogens with one attached hydrogen (secondary N) is 2. The molecule has 4 atom stereocenters. The quantitative estimate of drug-likeness (QED) is 0.160. The molecule has 1 saturated heterocycles. The predicted octanol–water partition coefficient (Wildman–Crippen LogP) is 0.815. The number of aliphatic hydroxyl groups is 3. The molecule has 12 heteroatoms. The molecular formula is C28H32N6O6. The third-order valence-electron chi connectivity index (χ3n) is 6.76. The molecule has 0 bridgehead atoms. The fraction of sp³-hybridized carbons (Fsp3) is 0.357. The highest BCUT2D eigenvalue weighted by atomic mass is 16.6. The van der Waals surface area contributed by atoms with Crippen molar-refractivity contribution in [2.75, 3.05) is 38.2 Å². The second-order valence-corrected chi connectivity index (χ2v) is 9.36. The van der Waals surface area contributed by atoms with E-state index in [1.165, 1.54) is 17.2 Å². The molecule has 2 aromatic carbocycles. The molecule has 40 heavy (non-hydrogen) atoms. The van der Waals surface area contributed by atoms with Crippen LogP contribution in [0.4, 0.5) is 5.82 Å². The molecule has 5 rings (SSSR count). The summed E-state index contributed by atoms with van der Waals surface area (Å²) in [6.07, 6.45) is -1.51. The molecule has 0 spiro atoms. The Balaban J connectivity index is 1.10. The molecule has 1 amide bonds. The van der Waals surface area contributed by atoms with Gasteiger partial charge in [-0.2, -0.15) is 0 Å². The molecule has 2 aromatic heterocycles. The van der Waals surface area contributed by atoms with Crippen LogP contribution in [-0.2, 0) is 14.3 Å². The maximum Gasteiger partial charge on any atom is 0.232 e. The van der Waals surface area contributed by atoms with Gasteiger partial charge in [-0.3, -0.25) is 9.36 Å². The Morgan fingerprint density at radius 3 is 2.27 bits per heavy atom. The van der Waals surface area contributed by atoms with Crippen LogP contribution in [0.2, 0.25) is 0 Å². The summed E-state index contributed by atoms with van der Waals surface area (Å²) in [4.78, 5) is 25.9. The Hall–Kier alpha value is -3.94. The van der Waals surface area contributed by atoms with Crippen molar-refractivity contribution < 1.29 is 29.6 Å². The molecule has 4 aromatic rings. The number of carbonyl (C=O) groups is 1. The van der Waals surface area contributed by atoms with Crippen molar-refractivity contribution in [3.05, 3.63) is 84.4 Å². The van der Waals surface area contributed by atoms with E-state index in [2.05, 4.69) is 25.6 Å². The highest BCUT2D eigenvalue weighted by molar-refractivity contribution is 5.87. The first-order valence-electron chi connectivity index (χ1n) is 13.1. The Kier molecular flexibility index (Phi) is 8.94. The molecule has 5 N–H and O–H groups in total. The van der Waals surface area contributed by atoms with E-state index in [0.717, 1.165) is 11.1 Å². The topological polar surface area (TPSA) is 164 Å². The molecule has 1 fully saturated rings. The summed E-state index contributed by atoms with van der Waals surface area (Å²) in [6, 6.07) is 19.3. The zero-order valence-corrected chi connectivity index (χ0v) is 21.7. The van der Waals surface area contributed by atoms with Gasteiger partial charge in [-0.1, -0.05) is 60.7 Å². The van der Waals surface area contributed by atoms with Gasteiger partial charge in [0.25, 0.3) is 0 Å². The molecule has 0 saturated carbocycles. The van der Waals surface area contributed by atoms with E-state index < -0.39 is 37.1 Å². The number of carbonyl (C=O) groups excluding carboxylic acids is 1. The van der Waals surface area contributed by atoms with Gasteiger partial charge in [0.15, 0.2) is 23.2 Å². The Bertz CT molecular complexity index is 1350. The number of rotatable bonds is 12. The average Bonchev–Trinajstić information content (AvgIpc) is 3.54. The number of ether oxygens (including phenoxy) is 2. The number of anilines is 1. The van der Waals surface area contributed by atoms with E-state index in [-0.39, 0.29) is 5.91 Å². The minimum absolute atomic E-state index is 0.0905. The van der Waals surface area contributed by atoms with E-state index in [0.29, 0.717) is 43.3 Å². The van der Waals surface area contributed by atoms with Crippen molar-refractivity contribution in [3.63, 3.8) is 0 Å². The lowest BCUT2D eigenvalue weighted by Crippen LogP contribution is -2.33. The lowest BCUT2D eigenvalue weighted by atomic mass is 9.90. The standard InChI is InChI=1S/C28H32N6O6/c35-15-20-23(36)24(37)28(40-20)34-17-33-22-25(31-16-32-26(22)34)29-11-13-39-14-12-30-27(38)21(18-7-3-1-4-8-18)19-9-5-2-6-10-19/h1-10,16-17,20-21,23-24,28,35-37H,11-15H2,(H,30,38)(H,29,31,32)/t20-,23-,24-,28-/m1/s1. The Labute approximate surface area is 230 Å². The molecule has 0 aliphatic carbocycles. The number of aromatic nitrogens is 4. The van der Waals surface area contributed by atoms with Gasteiger partial charge in [0.1, 0.15) is 24.6 Å². The Morgan fingerprint density at radius 1 is 0.950 bits per heavy atom. The number of amides is 1. The van der Waals surface area contributed by atoms with Crippen LogP contribution in [0.3, 0.4) is 0 Å². The van der Waals surface area contributed by atoms with Crippen LogP contribution in [0.25, 0.3) is 11.2 Å². The summed E-state index contributed by atoms with van der Waals surface area (Å²) in [6.45, 7) is 1.06. The lowest BCUT2D eigenvalue weighted by molar-refractivity contribution is -0.121. The minimum atomic E-state index is -1.24. The van der Waals surface area contributed by atoms with Gasteiger partial charge >= 0.3 is 0 Å². The van der Waals surface area contributed by atoms with E-state index in [4.69, 9.17) is 9.47 Å². The van der Waals surface area contributed by atoms with E-state index in [1.54, 1.807) is 0 Å². The first kappa shape index (κ1) is 27.6. The van der Waals surface area contributed by atoms with Crippen LogP contribution in [0.1, 0.15) is 23.3 Å². The van der Waals surface area contributed by atoms with E-state index in [1.807, 2.05) is 60.7 Å². The maximum absolute atomic E-state index is 13.1. The average molecular weight is 549 g/mol. The highest BCUT2D eigenvalue weighted by Gasteiger charge is 2.44. The largest absolute Gasteiger partial charge is 0.394 e. The molecule has 1 aliphatic rings. The van der Waals surface area contributed by atoms with Crippen LogP contribution in [0, 0.1) is 0 Å².